The minimum Gasteiger partial charge on any atom is -0.478 e. The number of aromatic nitrogens is 2. The fraction of sp³-hybridized carbons (Fsp3) is 0.556. The lowest BCUT2D eigenvalue weighted by atomic mass is 10.2. The van der Waals surface area contributed by atoms with Crippen LogP contribution in [0.3, 0.4) is 0 Å². The summed E-state index contributed by atoms with van der Waals surface area (Å²) in [6.45, 7) is 1.77. The molecule has 0 saturated heterocycles. The van der Waals surface area contributed by atoms with Gasteiger partial charge in [-0.15, -0.1) is 0 Å². The number of hydrogen-bond acceptors (Lipinski definition) is 4. The van der Waals surface area contributed by atoms with Crippen molar-refractivity contribution in [2.45, 2.75) is 30.8 Å². The fourth-order valence-corrected chi connectivity index (χ4v) is 3.03. The first-order valence-corrected chi connectivity index (χ1v) is 6.69. The van der Waals surface area contributed by atoms with Crippen molar-refractivity contribution >= 4 is 16.0 Å². The van der Waals surface area contributed by atoms with Crippen LogP contribution >= 0.6 is 0 Å². The first kappa shape index (κ1) is 12.1. The molecule has 17 heavy (non-hydrogen) atoms. The van der Waals surface area contributed by atoms with E-state index in [0.717, 1.165) is 19.0 Å². The highest BCUT2D eigenvalue weighted by molar-refractivity contribution is 7.89. The summed E-state index contributed by atoms with van der Waals surface area (Å²) < 4.78 is 26.3. The molecule has 1 heterocycles. The maximum absolute atomic E-state index is 11.9. The number of carboxylic acids is 1. The van der Waals surface area contributed by atoms with Crippen LogP contribution < -0.4 is 4.72 Å². The van der Waals surface area contributed by atoms with E-state index < -0.39 is 21.0 Å². The lowest BCUT2D eigenvalue weighted by molar-refractivity contribution is 0.0692. The largest absolute Gasteiger partial charge is 0.478 e. The number of H-pyrrole nitrogens is 1. The van der Waals surface area contributed by atoms with Crippen molar-refractivity contribution in [2.75, 3.05) is 0 Å². The molecule has 0 radical (unpaired) electrons. The summed E-state index contributed by atoms with van der Waals surface area (Å²) >= 11 is 0. The second kappa shape index (κ2) is 4.11. The molecular weight excluding hydrogens is 246 g/mol. The maximum Gasteiger partial charge on any atom is 0.340 e. The van der Waals surface area contributed by atoms with Crippen LogP contribution in [0.15, 0.2) is 11.2 Å². The molecule has 0 bridgehead atoms. The van der Waals surface area contributed by atoms with Crippen LogP contribution in [0, 0.1) is 5.92 Å². The Morgan fingerprint density at radius 1 is 1.65 bits per heavy atom. The highest BCUT2D eigenvalue weighted by atomic mass is 32.2. The molecule has 1 aromatic heterocycles. The smallest absolute Gasteiger partial charge is 0.340 e. The van der Waals surface area contributed by atoms with Gasteiger partial charge in [0.2, 0.25) is 0 Å². The number of hydrogen-bond donors (Lipinski definition) is 3. The van der Waals surface area contributed by atoms with Crippen molar-refractivity contribution in [3.63, 3.8) is 0 Å². The third kappa shape index (κ3) is 2.47. The van der Waals surface area contributed by atoms with E-state index in [9.17, 15) is 13.2 Å². The quantitative estimate of drug-likeness (QED) is 0.698. The number of aromatic carboxylic acids is 1. The summed E-state index contributed by atoms with van der Waals surface area (Å²) in [5.41, 5.74) is -0.347. The van der Waals surface area contributed by atoms with E-state index in [1.165, 1.54) is 0 Å². The van der Waals surface area contributed by atoms with E-state index in [2.05, 4.69) is 14.9 Å². The molecule has 1 saturated carbocycles. The molecule has 1 unspecified atom stereocenters. The molecule has 1 atom stereocenters. The molecule has 1 aliphatic rings. The van der Waals surface area contributed by atoms with E-state index in [1.807, 2.05) is 0 Å². The summed E-state index contributed by atoms with van der Waals surface area (Å²) in [7, 11) is -3.85. The number of rotatable bonds is 5. The van der Waals surface area contributed by atoms with Gasteiger partial charge in [0.1, 0.15) is 5.56 Å². The van der Waals surface area contributed by atoms with Gasteiger partial charge in [0.25, 0.3) is 10.0 Å². The third-order valence-corrected chi connectivity index (χ3v) is 4.30. The molecule has 0 amide bonds. The zero-order valence-electron chi connectivity index (χ0n) is 9.17. The van der Waals surface area contributed by atoms with Crippen LogP contribution in [0.2, 0.25) is 0 Å². The van der Waals surface area contributed by atoms with Crippen LogP contribution in [0.1, 0.15) is 30.1 Å². The molecule has 0 spiro atoms. The normalized spacial score (nSPS) is 17.9. The standard InChI is InChI=1S/C9H13N3O4S/c1-5(6-2-3-6)12-17(15,16)8-7(9(13)14)4-10-11-8/h4-6,12H,2-3H2,1H3,(H,10,11)(H,13,14). The lowest BCUT2D eigenvalue weighted by Crippen LogP contribution is -2.35. The Morgan fingerprint density at radius 2 is 2.29 bits per heavy atom. The van der Waals surface area contributed by atoms with Gasteiger partial charge in [-0.3, -0.25) is 5.10 Å². The van der Waals surface area contributed by atoms with Crippen LogP contribution in [-0.2, 0) is 10.0 Å². The van der Waals surface area contributed by atoms with Gasteiger partial charge in [0.15, 0.2) is 5.03 Å². The van der Waals surface area contributed by atoms with Gasteiger partial charge in [-0.1, -0.05) is 0 Å². The van der Waals surface area contributed by atoms with E-state index in [0.29, 0.717) is 5.92 Å². The van der Waals surface area contributed by atoms with Crippen LogP contribution in [0.25, 0.3) is 0 Å². The van der Waals surface area contributed by atoms with Crippen molar-refractivity contribution in [2.24, 2.45) is 5.92 Å². The van der Waals surface area contributed by atoms with Crippen molar-refractivity contribution in [3.8, 4) is 0 Å². The van der Waals surface area contributed by atoms with Crippen molar-refractivity contribution in [3.05, 3.63) is 11.8 Å². The van der Waals surface area contributed by atoms with Gasteiger partial charge in [0.05, 0.1) is 6.20 Å². The average molecular weight is 259 g/mol. The SMILES string of the molecule is CC(NS(=O)(=O)c1[nH]ncc1C(=O)O)C1CC1. The number of aromatic amines is 1. The minimum atomic E-state index is -3.85. The molecule has 7 nitrogen and oxygen atoms in total. The summed E-state index contributed by atoms with van der Waals surface area (Å²) in [5, 5.41) is 14.1. The summed E-state index contributed by atoms with van der Waals surface area (Å²) in [6, 6.07) is -0.190. The van der Waals surface area contributed by atoms with E-state index in [-0.39, 0.29) is 11.6 Å². The summed E-state index contributed by atoms with van der Waals surface area (Å²) in [5.74, 6) is -0.973. The number of nitrogens with zero attached hydrogens (tertiary/aromatic N) is 1. The Bertz CT molecular complexity index is 532. The second-order valence-electron chi connectivity index (χ2n) is 4.17. The van der Waals surface area contributed by atoms with Crippen LogP contribution in [-0.4, -0.2) is 35.7 Å². The highest BCUT2D eigenvalue weighted by Gasteiger charge is 2.33. The summed E-state index contributed by atoms with van der Waals surface area (Å²) in [6.07, 6.45) is 2.98. The first-order chi connectivity index (χ1) is 7.92. The van der Waals surface area contributed by atoms with Gasteiger partial charge in [-0.2, -0.15) is 5.10 Å². The Morgan fingerprint density at radius 3 is 2.82 bits per heavy atom. The molecule has 1 aliphatic carbocycles. The number of nitrogens with one attached hydrogen (secondary N) is 2. The Kier molecular flexibility index (Phi) is 2.92. The van der Waals surface area contributed by atoms with Gasteiger partial charge >= 0.3 is 5.97 Å². The zero-order valence-corrected chi connectivity index (χ0v) is 9.99. The monoisotopic (exact) mass is 259 g/mol. The second-order valence-corrected chi connectivity index (χ2v) is 5.82. The van der Waals surface area contributed by atoms with Crippen molar-refractivity contribution in [1.82, 2.24) is 14.9 Å². The van der Waals surface area contributed by atoms with E-state index >= 15 is 0 Å². The zero-order chi connectivity index (χ0) is 12.6. The average Bonchev–Trinajstić information content (AvgIpc) is 2.93. The molecule has 0 aromatic carbocycles. The predicted molar refractivity (Wildman–Crippen MR) is 58.1 cm³/mol. The van der Waals surface area contributed by atoms with Crippen LogP contribution in [0.4, 0.5) is 0 Å². The van der Waals surface area contributed by atoms with Crippen LogP contribution in [0.5, 0.6) is 0 Å². The maximum atomic E-state index is 11.9. The molecular formula is C9H13N3O4S. The molecule has 1 fully saturated rings. The van der Waals surface area contributed by atoms with Gasteiger partial charge < -0.3 is 5.11 Å². The van der Waals surface area contributed by atoms with Crippen molar-refractivity contribution in [1.29, 1.82) is 0 Å². The third-order valence-electron chi connectivity index (χ3n) is 2.77. The molecule has 94 valence electrons. The van der Waals surface area contributed by atoms with E-state index in [1.54, 1.807) is 6.92 Å². The molecule has 2 rings (SSSR count). The van der Waals surface area contributed by atoms with Gasteiger partial charge in [-0.25, -0.2) is 17.9 Å². The Balaban J connectivity index is 2.24. The molecule has 8 heteroatoms. The highest BCUT2D eigenvalue weighted by Crippen LogP contribution is 2.33. The Hall–Kier alpha value is -1.41. The van der Waals surface area contributed by atoms with Gasteiger partial charge in [0, 0.05) is 6.04 Å². The molecule has 0 aliphatic heterocycles. The van der Waals surface area contributed by atoms with Gasteiger partial charge in [-0.05, 0) is 25.7 Å². The Labute approximate surface area is 98.3 Å². The fourth-order valence-electron chi connectivity index (χ4n) is 1.63. The number of carboxylic acid groups (broad SMARTS) is 1. The van der Waals surface area contributed by atoms with Crippen molar-refractivity contribution < 1.29 is 18.3 Å². The first-order valence-electron chi connectivity index (χ1n) is 5.21. The minimum absolute atomic E-state index is 0.190. The number of carbonyl (C=O) groups is 1. The predicted octanol–water partition coefficient (Wildman–Crippen LogP) is 0.185. The molecule has 1 aromatic rings. The van der Waals surface area contributed by atoms with E-state index in [4.69, 9.17) is 5.11 Å². The molecule has 3 N–H and O–H groups in total. The topological polar surface area (TPSA) is 112 Å². The number of sulfonamides is 1. The lowest BCUT2D eigenvalue weighted by Gasteiger charge is -2.12. The summed E-state index contributed by atoms with van der Waals surface area (Å²) in [4.78, 5) is 10.8.